The van der Waals surface area contributed by atoms with Crippen molar-refractivity contribution in [3.63, 3.8) is 0 Å². The fourth-order valence-electron chi connectivity index (χ4n) is 0.525. The van der Waals surface area contributed by atoms with Gasteiger partial charge >= 0.3 is 0 Å². The molecule has 0 amide bonds. The second kappa shape index (κ2) is 2.25. The van der Waals surface area contributed by atoms with E-state index < -0.39 is 0 Å². The molecule has 0 atom stereocenters. The zero-order chi connectivity index (χ0) is 6.69. The maximum Gasteiger partial charge on any atom is 0.196 e. The highest BCUT2D eigenvalue weighted by Gasteiger charge is 2.03. The Hall–Kier alpha value is -1.40. The van der Waals surface area contributed by atoms with Gasteiger partial charge in [-0.1, -0.05) is 0 Å². The lowest BCUT2D eigenvalue weighted by atomic mass is 10.1. The lowest BCUT2D eigenvalue weighted by Crippen LogP contribution is -2.00. The molecule has 0 radical (unpaired) electrons. The van der Waals surface area contributed by atoms with Gasteiger partial charge in [0.25, 0.3) is 0 Å². The van der Waals surface area contributed by atoms with E-state index in [0.717, 1.165) is 0 Å². The molecule has 0 unspecified atom stereocenters. The van der Waals surface area contributed by atoms with Crippen LogP contribution < -0.4 is 0 Å². The standard InChI is InChI=1S/C7H4O2/c8-5-6-3-1-2-4-7(6)9/h1,3-5H. The van der Waals surface area contributed by atoms with Crippen molar-refractivity contribution < 1.29 is 9.59 Å². The maximum atomic E-state index is 10.6. The minimum Gasteiger partial charge on any atom is -0.298 e. The summed E-state index contributed by atoms with van der Waals surface area (Å²) in [4.78, 5) is 20.6. The smallest absolute Gasteiger partial charge is 0.196 e. The largest absolute Gasteiger partial charge is 0.298 e. The molecule has 0 aromatic carbocycles. The van der Waals surface area contributed by atoms with E-state index in [1.807, 2.05) is 0 Å². The van der Waals surface area contributed by atoms with E-state index in [9.17, 15) is 9.59 Å². The van der Waals surface area contributed by atoms with Gasteiger partial charge in [0.05, 0.1) is 5.57 Å². The average molecular weight is 120 g/mol. The molecule has 0 saturated heterocycles. The highest BCUT2D eigenvalue weighted by molar-refractivity contribution is 6.17. The minimum atomic E-state index is -0.271. The fourth-order valence-corrected chi connectivity index (χ4v) is 0.525. The Morgan fingerprint density at radius 2 is 2.33 bits per heavy atom. The van der Waals surface area contributed by atoms with Crippen LogP contribution in [-0.2, 0) is 9.59 Å². The summed E-state index contributed by atoms with van der Waals surface area (Å²) in [5, 5.41) is 0. The second-order valence-electron chi connectivity index (χ2n) is 1.58. The SMILES string of the molecule is O=CC1=CC=C=CC1=O. The first-order valence-corrected chi connectivity index (χ1v) is 2.47. The van der Waals surface area contributed by atoms with E-state index in [4.69, 9.17) is 0 Å². The molecule has 2 heteroatoms. The van der Waals surface area contributed by atoms with Gasteiger partial charge in [-0.15, -0.1) is 5.73 Å². The van der Waals surface area contributed by atoms with Crippen LogP contribution in [0.5, 0.6) is 0 Å². The molecule has 0 heterocycles. The quantitative estimate of drug-likeness (QED) is 0.285. The topological polar surface area (TPSA) is 34.1 Å². The Morgan fingerprint density at radius 1 is 1.56 bits per heavy atom. The first-order chi connectivity index (χ1) is 4.34. The number of carbonyl (C=O) groups is 2. The van der Waals surface area contributed by atoms with Gasteiger partial charge in [-0.2, -0.15) is 0 Å². The van der Waals surface area contributed by atoms with Gasteiger partial charge in [0.2, 0.25) is 0 Å². The third kappa shape index (κ3) is 1.04. The van der Waals surface area contributed by atoms with Crippen LogP contribution in [0.4, 0.5) is 0 Å². The van der Waals surface area contributed by atoms with Crippen LogP contribution in [0.15, 0.2) is 29.5 Å². The van der Waals surface area contributed by atoms with Gasteiger partial charge in [0, 0.05) is 6.08 Å². The van der Waals surface area contributed by atoms with Crippen molar-refractivity contribution in [1.82, 2.24) is 0 Å². The summed E-state index contributed by atoms with van der Waals surface area (Å²) in [6.45, 7) is 0. The van der Waals surface area contributed by atoms with Crippen LogP contribution in [0.1, 0.15) is 0 Å². The number of hydrogen-bond acceptors (Lipinski definition) is 2. The van der Waals surface area contributed by atoms with Gasteiger partial charge < -0.3 is 0 Å². The van der Waals surface area contributed by atoms with E-state index in [1.165, 1.54) is 18.2 Å². The average Bonchev–Trinajstić information content (AvgIpc) is 1.89. The van der Waals surface area contributed by atoms with Gasteiger partial charge in [-0.25, -0.2) is 0 Å². The molecule has 1 aliphatic rings. The molecular formula is C7H4O2. The Kier molecular flexibility index (Phi) is 1.43. The maximum absolute atomic E-state index is 10.6. The number of carbonyl (C=O) groups excluding carboxylic acids is 2. The Bertz CT molecular complexity index is 240. The van der Waals surface area contributed by atoms with Gasteiger partial charge in [0.1, 0.15) is 0 Å². The molecule has 44 valence electrons. The molecular weight excluding hydrogens is 116 g/mol. The first kappa shape index (κ1) is 5.73. The molecule has 0 fully saturated rings. The monoisotopic (exact) mass is 120 g/mol. The lowest BCUT2D eigenvalue weighted by Gasteiger charge is -1.90. The first-order valence-electron chi connectivity index (χ1n) is 2.47. The molecule has 0 saturated carbocycles. The van der Waals surface area contributed by atoms with Crippen LogP contribution in [0.25, 0.3) is 0 Å². The summed E-state index contributed by atoms with van der Waals surface area (Å²) >= 11 is 0. The normalized spacial score (nSPS) is 15.6. The number of ketones is 1. The molecule has 1 rings (SSSR count). The van der Waals surface area contributed by atoms with Crippen molar-refractivity contribution in [2.75, 3.05) is 0 Å². The predicted molar refractivity (Wildman–Crippen MR) is 31.8 cm³/mol. The number of rotatable bonds is 1. The number of allylic oxidation sites excluding steroid dienone is 3. The molecule has 0 aliphatic heterocycles. The van der Waals surface area contributed by atoms with Gasteiger partial charge in [0.15, 0.2) is 12.1 Å². The van der Waals surface area contributed by atoms with E-state index in [0.29, 0.717) is 6.29 Å². The molecule has 0 N–H and O–H groups in total. The molecule has 0 aromatic rings. The summed E-state index contributed by atoms with van der Waals surface area (Å²) in [5.41, 5.74) is 2.75. The van der Waals surface area contributed by atoms with Crippen molar-refractivity contribution in [3.8, 4) is 0 Å². The zero-order valence-electron chi connectivity index (χ0n) is 4.63. The summed E-state index contributed by atoms with van der Waals surface area (Å²) in [5.74, 6) is -0.271. The van der Waals surface area contributed by atoms with Crippen molar-refractivity contribution in [3.05, 3.63) is 29.5 Å². The van der Waals surface area contributed by atoms with E-state index in [1.54, 1.807) is 0 Å². The second-order valence-corrected chi connectivity index (χ2v) is 1.58. The van der Waals surface area contributed by atoms with Crippen molar-refractivity contribution in [1.29, 1.82) is 0 Å². The molecule has 0 spiro atoms. The number of hydrogen-bond donors (Lipinski definition) is 0. The van der Waals surface area contributed by atoms with Crippen LogP contribution in [0.3, 0.4) is 0 Å². The third-order valence-electron chi connectivity index (χ3n) is 0.985. The Morgan fingerprint density at radius 3 is 2.78 bits per heavy atom. The van der Waals surface area contributed by atoms with Crippen LogP contribution in [0.2, 0.25) is 0 Å². The third-order valence-corrected chi connectivity index (χ3v) is 0.985. The summed E-state index contributed by atoms with van der Waals surface area (Å²) in [7, 11) is 0. The highest BCUT2D eigenvalue weighted by Crippen LogP contribution is 1.97. The summed E-state index contributed by atoms with van der Waals surface area (Å²) < 4.78 is 0. The summed E-state index contributed by atoms with van der Waals surface area (Å²) in [6.07, 6.45) is 4.75. The molecule has 9 heavy (non-hydrogen) atoms. The van der Waals surface area contributed by atoms with Gasteiger partial charge in [-0.3, -0.25) is 9.59 Å². The van der Waals surface area contributed by atoms with Crippen molar-refractivity contribution in [2.45, 2.75) is 0 Å². The molecule has 0 bridgehead atoms. The Balaban J connectivity index is 3.02. The highest BCUT2D eigenvalue weighted by atomic mass is 16.1. The van der Waals surface area contributed by atoms with Crippen molar-refractivity contribution >= 4 is 12.1 Å². The number of aldehydes is 1. The van der Waals surface area contributed by atoms with Crippen molar-refractivity contribution in [2.24, 2.45) is 0 Å². The van der Waals surface area contributed by atoms with Crippen LogP contribution in [0, 0.1) is 0 Å². The van der Waals surface area contributed by atoms with Gasteiger partial charge in [-0.05, 0) is 12.2 Å². The zero-order valence-corrected chi connectivity index (χ0v) is 4.63. The molecule has 0 aromatic heterocycles. The predicted octanol–water partition coefficient (Wildman–Crippen LogP) is 0.406. The lowest BCUT2D eigenvalue weighted by molar-refractivity contribution is -0.114. The van der Waals surface area contributed by atoms with Crippen LogP contribution in [-0.4, -0.2) is 12.1 Å². The van der Waals surface area contributed by atoms with Crippen LogP contribution >= 0.6 is 0 Å². The molecule has 2 nitrogen and oxygen atoms in total. The Labute approximate surface area is 52.2 Å². The van der Waals surface area contributed by atoms with E-state index >= 15 is 0 Å². The molecule has 1 aliphatic carbocycles. The van der Waals surface area contributed by atoms with E-state index in [2.05, 4.69) is 5.73 Å². The van der Waals surface area contributed by atoms with E-state index in [-0.39, 0.29) is 11.4 Å². The summed E-state index contributed by atoms with van der Waals surface area (Å²) in [6, 6.07) is 0. The minimum absolute atomic E-state index is 0.189. The fraction of sp³-hybridized carbons (Fsp3) is 0.